The number of pyridine rings is 1. The Morgan fingerprint density at radius 1 is 1.46 bits per heavy atom. The number of fused-ring (bicyclic) bond motifs is 1. The Balaban J connectivity index is 1.89. The van der Waals surface area contributed by atoms with Crippen molar-refractivity contribution in [2.45, 2.75) is 19.4 Å². The summed E-state index contributed by atoms with van der Waals surface area (Å²) in [6.45, 7) is 4.72. The van der Waals surface area contributed by atoms with Crippen molar-refractivity contribution in [3.05, 3.63) is 24.0 Å². The van der Waals surface area contributed by atoms with Gasteiger partial charge in [-0.2, -0.15) is 0 Å². The second-order valence-electron chi connectivity index (χ2n) is 6.14. The van der Waals surface area contributed by atoms with E-state index in [0.29, 0.717) is 18.1 Å². The van der Waals surface area contributed by atoms with Crippen LogP contribution in [-0.2, 0) is 9.47 Å². The number of anilines is 1. The van der Waals surface area contributed by atoms with Gasteiger partial charge in [0.1, 0.15) is 17.8 Å². The number of esters is 1. The van der Waals surface area contributed by atoms with Crippen LogP contribution in [0.1, 0.15) is 23.7 Å². The number of nitrogens with one attached hydrogen (secondary N) is 3. The molecule has 130 valence electrons. The normalized spacial score (nSPS) is 20.9. The molecule has 2 aromatic heterocycles. The van der Waals surface area contributed by atoms with Crippen molar-refractivity contribution in [3.63, 3.8) is 0 Å². The van der Waals surface area contributed by atoms with Crippen molar-refractivity contribution in [3.8, 4) is 0 Å². The lowest BCUT2D eigenvalue weighted by atomic mass is 9.94. The van der Waals surface area contributed by atoms with Gasteiger partial charge >= 0.3 is 5.97 Å². The van der Waals surface area contributed by atoms with E-state index in [1.54, 1.807) is 13.3 Å². The molecule has 1 aliphatic heterocycles. The van der Waals surface area contributed by atoms with Gasteiger partial charge < -0.3 is 25.1 Å². The summed E-state index contributed by atoms with van der Waals surface area (Å²) in [5.74, 6) is 0.132. The summed E-state index contributed by atoms with van der Waals surface area (Å²) >= 11 is 0. The Labute approximate surface area is 141 Å². The minimum atomic E-state index is -0.387. The first-order valence-electron chi connectivity index (χ1n) is 8.30. The van der Waals surface area contributed by atoms with E-state index < -0.39 is 0 Å². The number of ether oxygens (including phenoxy) is 2. The van der Waals surface area contributed by atoms with E-state index in [-0.39, 0.29) is 18.6 Å². The van der Waals surface area contributed by atoms with E-state index in [1.807, 2.05) is 12.3 Å². The molecule has 0 amide bonds. The molecule has 0 saturated carbocycles. The van der Waals surface area contributed by atoms with Crippen molar-refractivity contribution in [1.29, 1.82) is 0 Å². The van der Waals surface area contributed by atoms with Crippen LogP contribution in [0.3, 0.4) is 0 Å². The van der Waals surface area contributed by atoms with E-state index in [0.717, 1.165) is 36.2 Å². The summed E-state index contributed by atoms with van der Waals surface area (Å²) < 4.78 is 10.2. The summed E-state index contributed by atoms with van der Waals surface area (Å²) in [7, 11) is 1.58. The maximum atomic E-state index is 12.4. The minimum Gasteiger partial charge on any atom is -0.460 e. The largest absolute Gasteiger partial charge is 0.460 e. The van der Waals surface area contributed by atoms with Gasteiger partial charge in [-0.15, -0.1) is 0 Å². The molecule has 0 unspecified atom stereocenters. The summed E-state index contributed by atoms with van der Waals surface area (Å²) in [6.07, 6.45) is 4.50. The van der Waals surface area contributed by atoms with Crippen molar-refractivity contribution >= 4 is 22.7 Å². The summed E-state index contributed by atoms with van der Waals surface area (Å²) in [5.41, 5.74) is 1.99. The topological polar surface area (TPSA) is 88.3 Å². The Kier molecular flexibility index (Phi) is 5.32. The fraction of sp³-hybridized carbons (Fsp3) is 0.529. The average molecular weight is 332 g/mol. The summed E-state index contributed by atoms with van der Waals surface area (Å²) in [5, 5.41) is 7.84. The number of hydrogen-bond acceptors (Lipinski definition) is 6. The van der Waals surface area contributed by atoms with Crippen LogP contribution < -0.4 is 10.6 Å². The maximum Gasteiger partial charge on any atom is 0.341 e. The summed E-state index contributed by atoms with van der Waals surface area (Å²) in [6, 6.07) is 2.18. The van der Waals surface area contributed by atoms with Crippen molar-refractivity contribution < 1.29 is 14.3 Å². The molecule has 1 fully saturated rings. The quantitative estimate of drug-likeness (QED) is 0.552. The van der Waals surface area contributed by atoms with Gasteiger partial charge in [0, 0.05) is 37.5 Å². The fourth-order valence-electron chi connectivity index (χ4n) is 2.98. The molecule has 7 nitrogen and oxygen atoms in total. The number of aromatic nitrogens is 2. The molecule has 2 atom stereocenters. The number of carbonyl (C=O) groups excluding carboxylic acids is 1. The number of methoxy groups -OCH3 is 1. The molecule has 0 aromatic carbocycles. The van der Waals surface area contributed by atoms with E-state index in [4.69, 9.17) is 9.47 Å². The highest BCUT2D eigenvalue weighted by atomic mass is 16.6. The molecule has 1 saturated heterocycles. The molecule has 0 aliphatic carbocycles. The van der Waals surface area contributed by atoms with Crippen LogP contribution in [0.15, 0.2) is 18.5 Å². The molecule has 2 aromatic rings. The Morgan fingerprint density at radius 2 is 2.33 bits per heavy atom. The second kappa shape index (κ2) is 7.63. The Morgan fingerprint density at radius 3 is 3.12 bits per heavy atom. The zero-order chi connectivity index (χ0) is 16.9. The third-order valence-electron chi connectivity index (χ3n) is 4.48. The first-order valence-corrected chi connectivity index (χ1v) is 8.30. The highest BCUT2D eigenvalue weighted by molar-refractivity contribution is 6.04. The lowest BCUT2D eigenvalue weighted by Gasteiger charge is -2.31. The van der Waals surface area contributed by atoms with Gasteiger partial charge in [-0.05, 0) is 24.9 Å². The lowest BCUT2D eigenvalue weighted by molar-refractivity contribution is 0.0389. The molecule has 0 spiro atoms. The van der Waals surface area contributed by atoms with Gasteiger partial charge in [0.05, 0.1) is 12.3 Å². The van der Waals surface area contributed by atoms with E-state index in [9.17, 15) is 4.79 Å². The molecule has 3 heterocycles. The second-order valence-corrected chi connectivity index (χ2v) is 6.14. The molecular formula is C17H24N4O3. The number of nitrogens with zero attached hydrogens (tertiary/aromatic N) is 1. The lowest BCUT2D eigenvalue weighted by Crippen LogP contribution is -2.44. The van der Waals surface area contributed by atoms with Gasteiger partial charge in [-0.1, -0.05) is 6.92 Å². The van der Waals surface area contributed by atoms with Crippen LogP contribution in [0.2, 0.25) is 0 Å². The van der Waals surface area contributed by atoms with E-state index in [1.165, 1.54) is 0 Å². The van der Waals surface area contributed by atoms with Crippen molar-refractivity contribution in [2.75, 3.05) is 38.7 Å². The van der Waals surface area contributed by atoms with Crippen LogP contribution in [0, 0.1) is 5.92 Å². The third kappa shape index (κ3) is 3.52. The van der Waals surface area contributed by atoms with Crippen molar-refractivity contribution in [2.24, 2.45) is 5.92 Å². The zero-order valence-corrected chi connectivity index (χ0v) is 14.1. The predicted molar refractivity (Wildman–Crippen MR) is 92.3 cm³/mol. The third-order valence-corrected chi connectivity index (χ3v) is 4.48. The molecular weight excluding hydrogens is 308 g/mol. The van der Waals surface area contributed by atoms with Gasteiger partial charge in [0.2, 0.25) is 0 Å². The Bertz CT molecular complexity index is 700. The summed E-state index contributed by atoms with van der Waals surface area (Å²) in [4.78, 5) is 19.9. The molecule has 0 bridgehead atoms. The van der Waals surface area contributed by atoms with Crippen LogP contribution in [0.25, 0.3) is 11.0 Å². The molecule has 3 N–H and O–H groups in total. The highest BCUT2D eigenvalue weighted by Crippen LogP contribution is 2.28. The van der Waals surface area contributed by atoms with Gasteiger partial charge in [0.25, 0.3) is 0 Å². The molecule has 1 aliphatic rings. The van der Waals surface area contributed by atoms with Crippen LogP contribution in [0.4, 0.5) is 5.69 Å². The van der Waals surface area contributed by atoms with E-state index in [2.05, 4.69) is 27.5 Å². The molecule has 7 heteroatoms. The maximum absolute atomic E-state index is 12.4. The predicted octanol–water partition coefficient (Wildman–Crippen LogP) is 1.78. The van der Waals surface area contributed by atoms with Crippen LogP contribution in [-0.4, -0.2) is 55.4 Å². The number of aromatic amines is 1. The highest BCUT2D eigenvalue weighted by Gasteiger charge is 2.25. The SMILES string of the molecule is COCCOC(=O)c1cnc2[nH]ccc2c1N[C@H]1CNCC[C@H]1C. The average Bonchev–Trinajstić information content (AvgIpc) is 3.06. The Hall–Kier alpha value is -2.12. The van der Waals surface area contributed by atoms with E-state index >= 15 is 0 Å². The number of hydrogen-bond donors (Lipinski definition) is 3. The van der Waals surface area contributed by atoms with Crippen LogP contribution in [0.5, 0.6) is 0 Å². The standard InChI is InChI=1S/C17H24N4O3/c1-11-3-5-18-10-14(11)21-15-12-4-6-19-16(12)20-9-13(15)17(22)24-8-7-23-2/h4,6,9,11,14,18H,3,5,7-8,10H2,1-2H3,(H2,19,20,21)/t11-,14+/m1/s1. The monoisotopic (exact) mass is 332 g/mol. The van der Waals surface area contributed by atoms with Gasteiger partial charge in [-0.25, -0.2) is 9.78 Å². The molecule has 24 heavy (non-hydrogen) atoms. The minimum absolute atomic E-state index is 0.224. The fourth-order valence-corrected chi connectivity index (χ4v) is 2.98. The first-order chi connectivity index (χ1) is 11.7. The molecule has 3 rings (SSSR count). The number of piperidine rings is 1. The number of rotatable bonds is 6. The van der Waals surface area contributed by atoms with Crippen LogP contribution >= 0.6 is 0 Å². The van der Waals surface area contributed by atoms with Gasteiger partial charge in [0.15, 0.2) is 0 Å². The number of carbonyl (C=O) groups is 1. The number of H-pyrrole nitrogens is 1. The smallest absolute Gasteiger partial charge is 0.341 e. The van der Waals surface area contributed by atoms with Crippen molar-refractivity contribution in [1.82, 2.24) is 15.3 Å². The zero-order valence-electron chi connectivity index (χ0n) is 14.1. The first kappa shape index (κ1) is 16.7. The molecule has 0 radical (unpaired) electrons. The van der Waals surface area contributed by atoms with Gasteiger partial charge in [-0.3, -0.25) is 0 Å².